The van der Waals surface area contributed by atoms with Crippen molar-refractivity contribution < 1.29 is 23.7 Å². The molecule has 4 nitrogen and oxygen atoms in total. The molecule has 0 saturated carbocycles. The second kappa shape index (κ2) is 6.95. The van der Waals surface area contributed by atoms with Crippen LogP contribution in [0.2, 0.25) is 0 Å². The molecule has 0 bridgehead atoms. The van der Waals surface area contributed by atoms with Crippen molar-refractivity contribution in [2.45, 2.75) is 13.2 Å². The van der Waals surface area contributed by atoms with E-state index >= 15 is 0 Å². The molecule has 0 atom stereocenters. The predicted molar refractivity (Wildman–Crippen MR) is 76.2 cm³/mol. The first-order valence-electron chi connectivity index (χ1n) is 6.41. The van der Waals surface area contributed by atoms with E-state index in [2.05, 4.69) is 0 Å². The third-order valence-corrected chi connectivity index (χ3v) is 3.06. The van der Waals surface area contributed by atoms with E-state index in [0.717, 1.165) is 0 Å². The summed E-state index contributed by atoms with van der Waals surface area (Å²) in [6, 6.07) is 9.96. The predicted octanol–water partition coefficient (Wildman–Crippen LogP) is 2.91. The molecular formula is C16H17FO4. The molecular weight excluding hydrogens is 275 g/mol. The maximum atomic E-state index is 14.0. The minimum atomic E-state index is -0.447. The Morgan fingerprint density at radius 1 is 1.00 bits per heavy atom. The molecule has 0 unspecified atom stereocenters. The summed E-state index contributed by atoms with van der Waals surface area (Å²) in [6.45, 7) is -0.0673. The van der Waals surface area contributed by atoms with Crippen molar-refractivity contribution in [3.63, 3.8) is 0 Å². The smallest absolute Gasteiger partial charge is 0.171 e. The van der Waals surface area contributed by atoms with E-state index in [9.17, 15) is 4.39 Å². The van der Waals surface area contributed by atoms with E-state index in [4.69, 9.17) is 19.3 Å². The van der Waals surface area contributed by atoms with E-state index in [1.54, 1.807) is 36.4 Å². The number of hydrogen-bond acceptors (Lipinski definition) is 4. The zero-order valence-corrected chi connectivity index (χ0v) is 11.9. The topological polar surface area (TPSA) is 47.9 Å². The lowest BCUT2D eigenvalue weighted by Gasteiger charge is -2.13. The second-order valence-corrected chi connectivity index (χ2v) is 4.37. The molecule has 5 heteroatoms. The molecule has 0 saturated heterocycles. The Bertz CT molecular complexity index is 613. The van der Waals surface area contributed by atoms with Gasteiger partial charge in [-0.05, 0) is 23.8 Å². The fourth-order valence-electron chi connectivity index (χ4n) is 1.91. The van der Waals surface area contributed by atoms with Crippen LogP contribution in [0.5, 0.6) is 17.2 Å². The van der Waals surface area contributed by atoms with Crippen molar-refractivity contribution in [2.24, 2.45) is 0 Å². The van der Waals surface area contributed by atoms with Crippen molar-refractivity contribution in [3.8, 4) is 17.2 Å². The van der Waals surface area contributed by atoms with Gasteiger partial charge in [0.15, 0.2) is 23.1 Å². The summed E-state index contributed by atoms with van der Waals surface area (Å²) in [5.74, 6) is 0.700. The van der Waals surface area contributed by atoms with E-state index in [-0.39, 0.29) is 19.0 Å². The molecule has 0 spiro atoms. The molecule has 2 aromatic carbocycles. The summed E-state index contributed by atoms with van der Waals surface area (Å²) in [4.78, 5) is 0. The van der Waals surface area contributed by atoms with Gasteiger partial charge in [-0.2, -0.15) is 0 Å². The third kappa shape index (κ3) is 3.44. The van der Waals surface area contributed by atoms with Gasteiger partial charge in [0.1, 0.15) is 6.61 Å². The molecule has 1 N–H and O–H groups in total. The van der Waals surface area contributed by atoms with Gasteiger partial charge in [-0.3, -0.25) is 0 Å². The van der Waals surface area contributed by atoms with Gasteiger partial charge in [0.05, 0.1) is 20.8 Å². The molecule has 0 heterocycles. The summed E-state index contributed by atoms with van der Waals surface area (Å²) < 4.78 is 29.7. The van der Waals surface area contributed by atoms with Gasteiger partial charge in [0.25, 0.3) is 0 Å². The summed E-state index contributed by atoms with van der Waals surface area (Å²) in [5, 5.41) is 9.15. The van der Waals surface area contributed by atoms with Crippen molar-refractivity contribution in [1.82, 2.24) is 0 Å². The van der Waals surface area contributed by atoms with Crippen LogP contribution in [0.25, 0.3) is 0 Å². The average molecular weight is 292 g/mol. The molecule has 0 amide bonds. The van der Waals surface area contributed by atoms with Crippen LogP contribution in [-0.4, -0.2) is 19.3 Å². The zero-order valence-electron chi connectivity index (χ0n) is 11.9. The average Bonchev–Trinajstić information content (AvgIpc) is 2.53. The third-order valence-electron chi connectivity index (χ3n) is 3.06. The lowest BCUT2D eigenvalue weighted by atomic mass is 10.2. The monoisotopic (exact) mass is 292 g/mol. The summed E-state index contributed by atoms with van der Waals surface area (Å²) in [5.41, 5.74) is 1.07. The Hall–Kier alpha value is -2.27. The lowest BCUT2D eigenvalue weighted by Crippen LogP contribution is -2.02. The number of benzene rings is 2. The van der Waals surface area contributed by atoms with Crippen LogP contribution in [-0.2, 0) is 13.2 Å². The van der Waals surface area contributed by atoms with Crippen molar-refractivity contribution in [2.75, 3.05) is 14.2 Å². The normalized spacial score (nSPS) is 10.3. The summed E-state index contributed by atoms with van der Waals surface area (Å²) >= 11 is 0. The standard InChI is InChI=1S/C16H17FO4/c1-19-13-7-6-11(9-18)8-15(13)21-10-12-4-3-5-14(20-2)16(12)17/h3-8,18H,9-10H2,1-2H3. The van der Waals surface area contributed by atoms with Crippen LogP contribution in [0.3, 0.4) is 0 Å². The molecule has 21 heavy (non-hydrogen) atoms. The molecule has 112 valence electrons. The fourth-order valence-corrected chi connectivity index (χ4v) is 1.91. The van der Waals surface area contributed by atoms with Gasteiger partial charge in [0.2, 0.25) is 0 Å². The van der Waals surface area contributed by atoms with Crippen molar-refractivity contribution in [1.29, 1.82) is 0 Å². The number of aliphatic hydroxyl groups is 1. The number of halogens is 1. The van der Waals surface area contributed by atoms with Crippen LogP contribution >= 0.6 is 0 Å². The SMILES string of the molecule is COc1ccc(CO)cc1OCc1cccc(OC)c1F. The van der Waals surface area contributed by atoms with E-state index in [0.29, 0.717) is 22.6 Å². The van der Waals surface area contributed by atoms with Gasteiger partial charge in [-0.25, -0.2) is 4.39 Å². The quantitative estimate of drug-likeness (QED) is 0.889. The zero-order chi connectivity index (χ0) is 15.2. The minimum Gasteiger partial charge on any atom is -0.494 e. The number of aliphatic hydroxyl groups excluding tert-OH is 1. The van der Waals surface area contributed by atoms with E-state index in [1.807, 2.05) is 0 Å². The first kappa shape index (κ1) is 15.1. The van der Waals surface area contributed by atoms with Gasteiger partial charge >= 0.3 is 0 Å². The Morgan fingerprint density at radius 3 is 2.43 bits per heavy atom. The summed E-state index contributed by atoms with van der Waals surface area (Å²) in [6.07, 6.45) is 0. The van der Waals surface area contributed by atoms with Gasteiger partial charge in [0, 0.05) is 5.56 Å². The van der Waals surface area contributed by atoms with Crippen LogP contribution in [0.1, 0.15) is 11.1 Å². The molecule has 0 aromatic heterocycles. The lowest BCUT2D eigenvalue weighted by molar-refractivity contribution is 0.268. The van der Waals surface area contributed by atoms with Crippen LogP contribution in [0.4, 0.5) is 4.39 Å². The molecule has 2 rings (SSSR count). The van der Waals surface area contributed by atoms with Gasteiger partial charge in [-0.1, -0.05) is 18.2 Å². The highest BCUT2D eigenvalue weighted by Gasteiger charge is 2.11. The van der Waals surface area contributed by atoms with Crippen LogP contribution < -0.4 is 14.2 Å². The molecule has 0 aliphatic rings. The molecule has 2 aromatic rings. The van der Waals surface area contributed by atoms with E-state index < -0.39 is 5.82 Å². The summed E-state index contributed by atoms with van der Waals surface area (Å²) in [7, 11) is 2.93. The van der Waals surface area contributed by atoms with Crippen molar-refractivity contribution in [3.05, 3.63) is 53.3 Å². The molecule has 0 aliphatic heterocycles. The maximum absolute atomic E-state index is 14.0. The number of hydrogen-bond donors (Lipinski definition) is 1. The number of methoxy groups -OCH3 is 2. The molecule has 0 aliphatic carbocycles. The van der Waals surface area contributed by atoms with Gasteiger partial charge < -0.3 is 19.3 Å². The highest BCUT2D eigenvalue weighted by molar-refractivity contribution is 5.43. The Balaban J connectivity index is 2.20. The first-order valence-corrected chi connectivity index (χ1v) is 6.41. The second-order valence-electron chi connectivity index (χ2n) is 4.37. The maximum Gasteiger partial charge on any atom is 0.171 e. The van der Waals surface area contributed by atoms with Crippen LogP contribution in [0.15, 0.2) is 36.4 Å². The minimum absolute atomic E-state index is 0.0360. The largest absolute Gasteiger partial charge is 0.494 e. The Labute approximate surface area is 122 Å². The Kier molecular flexibility index (Phi) is 5.00. The molecule has 0 radical (unpaired) electrons. The van der Waals surface area contributed by atoms with E-state index in [1.165, 1.54) is 14.2 Å². The van der Waals surface area contributed by atoms with Crippen LogP contribution in [0, 0.1) is 5.82 Å². The Morgan fingerprint density at radius 2 is 1.76 bits per heavy atom. The number of ether oxygens (including phenoxy) is 3. The fraction of sp³-hybridized carbons (Fsp3) is 0.250. The first-order chi connectivity index (χ1) is 10.2. The highest BCUT2D eigenvalue weighted by Crippen LogP contribution is 2.29. The van der Waals surface area contributed by atoms with Gasteiger partial charge in [-0.15, -0.1) is 0 Å². The highest BCUT2D eigenvalue weighted by atomic mass is 19.1. The molecule has 0 fully saturated rings. The van der Waals surface area contributed by atoms with Crippen molar-refractivity contribution >= 4 is 0 Å². The number of rotatable bonds is 6.